The molecule has 0 aliphatic heterocycles. The second kappa shape index (κ2) is 4.32. The molecule has 2 nitrogen and oxygen atoms in total. The van der Waals surface area contributed by atoms with Crippen molar-refractivity contribution in [3.05, 3.63) is 34.1 Å². The van der Waals surface area contributed by atoms with Gasteiger partial charge in [-0.05, 0) is 28.1 Å². The first-order chi connectivity index (χ1) is 8.60. The van der Waals surface area contributed by atoms with Crippen molar-refractivity contribution in [2.24, 2.45) is 0 Å². The van der Waals surface area contributed by atoms with E-state index in [1.807, 2.05) is 0 Å². The largest absolute Gasteiger partial charge is 0.435 e. The quantitative estimate of drug-likeness (QED) is 0.661. The molecule has 0 amide bonds. The van der Waals surface area contributed by atoms with Gasteiger partial charge in [0.05, 0.1) is 5.52 Å². The van der Waals surface area contributed by atoms with Crippen LogP contribution >= 0.6 is 15.9 Å². The predicted molar refractivity (Wildman–Crippen MR) is 57.2 cm³/mol. The lowest BCUT2D eigenvalue weighted by Gasteiger charge is -2.14. The highest BCUT2D eigenvalue weighted by atomic mass is 79.9. The van der Waals surface area contributed by atoms with E-state index in [1.165, 1.54) is 12.1 Å². The van der Waals surface area contributed by atoms with Crippen LogP contribution in [0.2, 0.25) is 0 Å². The van der Waals surface area contributed by atoms with E-state index in [1.54, 1.807) is 0 Å². The average molecular weight is 345 g/mol. The summed E-state index contributed by atoms with van der Waals surface area (Å²) in [5.41, 5.74) is -4.62. The Morgan fingerprint density at radius 2 is 1.37 bits per heavy atom. The number of hydrogen-bond acceptors (Lipinski definition) is 2. The minimum absolute atomic E-state index is 0.136. The molecule has 0 N–H and O–H groups in total. The molecule has 0 spiro atoms. The Morgan fingerprint density at radius 3 is 1.89 bits per heavy atom. The molecule has 0 unspecified atom stereocenters. The van der Waals surface area contributed by atoms with Gasteiger partial charge in [-0.25, -0.2) is 9.97 Å². The van der Waals surface area contributed by atoms with Crippen LogP contribution in [0, 0.1) is 0 Å². The van der Waals surface area contributed by atoms with E-state index in [9.17, 15) is 26.3 Å². The van der Waals surface area contributed by atoms with Gasteiger partial charge >= 0.3 is 12.4 Å². The van der Waals surface area contributed by atoms with Crippen LogP contribution in [0.4, 0.5) is 26.3 Å². The molecule has 0 aliphatic carbocycles. The van der Waals surface area contributed by atoms with Gasteiger partial charge in [0, 0.05) is 4.47 Å². The summed E-state index contributed by atoms with van der Waals surface area (Å²) in [6.45, 7) is 0. The molecule has 1 aromatic carbocycles. The number of nitrogens with zero attached hydrogens (tertiary/aromatic N) is 2. The van der Waals surface area contributed by atoms with Crippen LogP contribution in [0.25, 0.3) is 11.0 Å². The lowest BCUT2D eigenvalue weighted by Crippen LogP contribution is -2.20. The lowest BCUT2D eigenvalue weighted by molar-refractivity contribution is -0.167. The molecule has 0 atom stereocenters. The van der Waals surface area contributed by atoms with Crippen molar-refractivity contribution < 1.29 is 26.3 Å². The third-order valence-corrected chi connectivity index (χ3v) is 2.82. The summed E-state index contributed by atoms with van der Waals surface area (Å²) < 4.78 is 75.8. The van der Waals surface area contributed by atoms with E-state index in [0.717, 1.165) is 6.07 Å². The summed E-state index contributed by atoms with van der Waals surface area (Å²) >= 11 is 2.92. The highest BCUT2D eigenvalue weighted by Crippen LogP contribution is 2.39. The van der Waals surface area contributed by atoms with Gasteiger partial charge in [-0.1, -0.05) is 6.07 Å². The van der Waals surface area contributed by atoms with Crippen molar-refractivity contribution >= 4 is 27.0 Å². The third-order valence-electron chi connectivity index (χ3n) is 2.18. The Kier molecular flexibility index (Phi) is 3.20. The van der Waals surface area contributed by atoms with E-state index in [0.29, 0.717) is 0 Å². The summed E-state index contributed by atoms with van der Waals surface area (Å²) in [6, 6.07) is 3.88. The number of aromatic nitrogens is 2. The molecule has 2 rings (SSSR count). The Labute approximate surface area is 110 Å². The average Bonchev–Trinajstić information content (AvgIpc) is 2.25. The van der Waals surface area contributed by atoms with Crippen LogP contribution in [0.3, 0.4) is 0 Å². The molecule has 1 heterocycles. The second-order valence-electron chi connectivity index (χ2n) is 3.52. The van der Waals surface area contributed by atoms with Crippen LogP contribution in [-0.2, 0) is 12.4 Å². The highest BCUT2D eigenvalue weighted by Gasteiger charge is 2.46. The normalized spacial score (nSPS) is 13.0. The fourth-order valence-corrected chi connectivity index (χ4v) is 1.88. The van der Waals surface area contributed by atoms with Gasteiger partial charge in [-0.3, -0.25) is 0 Å². The molecule has 0 saturated carbocycles. The van der Waals surface area contributed by atoms with Gasteiger partial charge in [-0.2, -0.15) is 26.3 Å². The van der Waals surface area contributed by atoms with Crippen molar-refractivity contribution in [2.45, 2.75) is 12.4 Å². The zero-order chi connectivity index (χ0) is 14.4. The monoisotopic (exact) mass is 344 g/mol. The van der Waals surface area contributed by atoms with Gasteiger partial charge < -0.3 is 0 Å². The first-order valence-corrected chi connectivity index (χ1v) is 5.50. The van der Waals surface area contributed by atoms with E-state index in [-0.39, 0.29) is 15.5 Å². The molecule has 0 aliphatic rings. The van der Waals surface area contributed by atoms with Crippen LogP contribution in [0.1, 0.15) is 11.4 Å². The van der Waals surface area contributed by atoms with Crippen LogP contribution < -0.4 is 0 Å². The SMILES string of the molecule is FC(F)(F)c1nc2cccc(Br)c2nc1C(F)(F)F. The maximum Gasteiger partial charge on any atom is 0.435 e. The molecular formula is C10H3BrF6N2. The smallest absolute Gasteiger partial charge is 0.239 e. The lowest BCUT2D eigenvalue weighted by atomic mass is 10.2. The maximum absolute atomic E-state index is 12.6. The minimum atomic E-state index is -5.23. The van der Waals surface area contributed by atoms with Crippen LogP contribution in [0.15, 0.2) is 22.7 Å². The number of benzene rings is 1. The first kappa shape index (κ1) is 14.0. The van der Waals surface area contributed by atoms with Gasteiger partial charge in [0.15, 0.2) is 11.4 Å². The third kappa shape index (κ3) is 2.65. The number of rotatable bonds is 0. The van der Waals surface area contributed by atoms with Crippen molar-refractivity contribution in [3.63, 3.8) is 0 Å². The van der Waals surface area contributed by atoms with Crippen molar-refractivity contribution in [1.29, 1.82) is 0 Å². The fraction of sp³-hybridized carbons (Fsp3) is 0.200. The maximum atomic E-state index is 12.6. The molecule has 1 aromatic heterocycles. The molecule has 102 valence electrons. The summed E-state index contributed by atoms with van der Waals surface area (Å²) in [5.74, 6) is 0. The Bertz CT molecular complexity index is 634. The van der Waals surface area contributed by atoms with E-state index < -0.39 is 23.7 Å². The number of fused-ring (bicyclic) bond motifs is 1. The number of para-hydroxylation sites is 1. The Balaban J connectivity index is 2.87. The molecule has 0 bridgehead atoms. The Morgan fingerprint density at radius 1 is 0.842 bits per heavy atom. The van der Waals surface area contributed by atoms with Gasteiger partial charge in [0.1, 0.15) is 5.52 Å². The van der Waals surface area contributed by atoms with E-state index >= 15 is 0 Å². The zero-order valence-corrected chi connectivity index (χ0v) is 10.4. The molecule has 9 heteroatoms. The zero-order valence-electron chi connectivity index (χ0n) is 8.77. The van der Waals surface area contributed by atoms with Crippen LogP contribution in [-0.4, -0.2) is 9.97 Å². The highest BCUT2D eigenvalue weighted by molar-refractivity contribution is 9.10. The standard InChI is InChI=1S/C10H3BrF6N2/c11-4-2-1-3-5-6(4)19-8(10(15,16)17)7(18-5)9(12,13)14/h1-3H. The predicted octanol–water partition coefficient (Wildman–Crippen LogP) is 4.43. The topological polar surface area (TPSA) is 25.8 Å². The van der Waals surface area contributed by atoms with Crippen molar-refractivity contribution in [1.82, 2.24) is 9.97 Å². The molecule has 0 saturated heterocycles. The summed E-state index contributed by atoms with van der Waals surface area (Å²) in [7, 11) is 0. The number of alkyl halides is 6. The molecular weight excluding hydrogens is 342 g/mol. The van der Waals surface area contributed by atoms with Gasteiger partial charge in [0.25, 0.3) is 0 Å². The van der Waals surface area contributed by atoms with E-state index in [4.69, 9.17) is 0 Å². The first-order valence-electron chi connectivity index (χ1n) is 4.71. The fourth-order valence-electron chi connectivity index (χ4n) is 1.44. The van der Waals surface area contributed by atoms with E-state index in [2.05, 4.69) is 25.9 Å². The summed E-state index contributed by atoms with van der Waals surface area (Å²) in [4.78, 5) is 6.09. The summed E-state index contributed by atoms with van der Waals surface area (Å²) in [6.07, 6.45) is -10.5. The molecule has 0 fully saturated rings. The number of hydrogen-bond donors (Lipinski definition) is 0. The minimum Gasteiger partial charge on any atom is -0.239 e. The summed E-state index contributed by atoms with van der Waals surface area (Å²) in [5, 5.41) is 0. The van der Waals surface area contributed by atoms with Crippen molar-refractivity contribution in [2.75, 3.05) is 0 Å². The molecule has 0 radical (unpaired) electrons. The van der Waals surface area contributed by atoms with Crippen molar-refractivity contribution in [3.8, 4) is 0 Å². The van der Waals surface area contributed by atoms with Gasteiger partial charge in [0.2, 0.25) is 0 Å². The molecule has 2 aromatic rings. The Hall–Kier alpha value is -1.38. The van der Waals surface area contributed by atoms with Crippen LogP contribution in [0.5, 0.6) is 0 Å². The van der Waals surface area contributed by atoms with Gasteiger partial charge in [-0.15, -0.1) is 0 Å². The molecule has 19 heavy (non-hydrogen) atoms. The second-order valence-corrected chi connectivity index (χ2v) is 4.38. The number of halogens is 7.